The highest BCUT2D eigenvalue weighted by atomic mass is 16.5. The van der Waals surface area contributed by atoms with Crippen LogP contribution >= 0.6 is 0 Å². The van der Waals surface area contributed by atoms with Gasteiger partial charge in [-0.15, -0.1) is 0 Å². The second-order valence-corrected chi connectivity index (χ2v) is 7.42. The zero-order chi connectivity index (χ0) is 16.4. The van der Waals surface area contributed by atoms with Gasteiger partial charge in [-0.1, -0.05) is 0 Å². The standard InChI is InChI=1S/C19H31N3O/c1-13-10-18(22-11-14(2)23-15(3)12-22)8-9-19(13)21-17-6-4-16(20)5-7-17/h8-10,14-17,21H,4-7,11-12,20H2,1-3H3. The van der Waals surface area contributed by atoms with E-state index in [4.69, 9.17) is 10.5 Å². The molecule has 3 rings (SSSR count). The number of nitrogens with two attached hydrogens (primary N) is 1. The first kappa shape index (κ1) is 16.6. The molecule has 0 aromatic heterocycles. The Bertz CT molecular complexity index is 515. The summed E-state index contributed by atoms with van der Waals surface area (Å²) in [5.41, 5.74) is 9.90. The first-order chi connectivity index (χ1) is 11.0. The van der Waals surface area contributed by atoms with Crippen LogP contribution in [0.4, 0.5) is 11.4 Å². The maximum Gasteiger partial charge on any atom is 0.0726 e. The summed E-state index contributed by atoms with van der Waals surface area (Å²) >= 11 is 0. The predicted octanol–water partition coefficient (Wildman–Crippen LogP) is 3.29. The lowest BCUT2D eigenvalue weighted by atomic mass is 9.91. The number of benzene rings is 1. The molecule has 2 fully saturated rings. The lowest BCUT2D eigenvalue weighted by Gasteiger charge is -2.37. The Balaban J connectivity index is 1.66. The monoisotopic (exact) mass is 317 g/mol. The minimum absolute atomic E-state index is 0.295. The van der Waals surface area contributed by atoms with Gasteiger partial charge in [-0.3, -0.25) is 0 Å². The molecule has 4 nitrogen and oxygen atoms in total. The van der Waals surface area contributed by atoms with Gasteiger partial charge in [0.2, 0.25) is 0 Å². The Labute approximate surface area is 140 Å². The minimum Gasteiger partial charge on any atom is -0.382 e. The van der Waals surface area contributed by atoms with Gasteiger partial charge >= 0.3 is 0 Å². The predicted molar refractivity (Wildman–Crippen MR) is 97.3 cm³/mol. The van der Waals surface area contributed by atoms with Gasteiger partial charge in [0.1, 0.15) is 0 Å². The third kappa shape index (κ3) is 4.18. The van der Waals surface area contributed by atoms with Crippen molar-refractivity contribution in [3.8, 4) is 0 Å². The van der Waals surface area contributed by atoms with Crippen molar-refractivity contribution in [2.24, 2.45) is 5.73 Å². The van der Waals surface area contributed by atoms with Crippen molar-refractivity contribution in [2.75, 3.05) is 23.3 Å². The van der Waals surface area contributed by atoms with Crippen LogP contribution in [0.1, 0.15) is 45.1 Å². The summed E-state index contributed by atoms with van der Waals surface area (Å²) in [5, 5.41) is 3.72. The number of hydrogen-bond acceptors (Lipinski definition) is 4. The van der Waals surface area contributed by atoms with Gasteiger partial charge in [-0.25, -0.2) is 0 Å². The van der Waals surface area contributed by atoms with Crippen molar-refractivity contribution in [2.45, 2.75) is 70.7 Å². The van der Waals surface area contributed by atoms with Crippen molar-refractivity contribution >= 4 is 11.4 Å². The lowest BCUT2D eigenvalue weighted by Crippen LogP contribution is -2.45. The highest BCUT2D eigenvalue weighted by Gasteiger charge is 2.23. The van der Waals surface area contributed by atoms with E-state index in [1.807, 2.05) is 0 Å². The van der Waals surface area contributed by atoms with E-state index in [1.165, 1.54) is 29.8 Å². The van der Waals surface area contributed by atoms with Crippen LogP contribution in [0.3, 0.4) is 0 Å². The molecule has 1 aromatic rings. The zero-order valence-corrected chi connectivity index (χ0v) is 14.7. The molecule has 1 saturated carbocycles. The summed E-state index contributed by atoms with van der Waals surface area (Å²) in [5.74, 6) is 0. The summed E-state index contributed by atoms with van der Waals surface area (Å²) in [7, 11) is 0. The molecule has 128 valence electrons. The lowest BCUT2D eigenvalue weighted by molar-refractivity contribution is -0.00521. The average Bonchev–Trinajstić information content (AvgIpc) is 2.50. The Kier molecular flexibility index (Phi) is 5.12. The molecule has 0 radical (unpaired) electrons. The number of ether oxygens (including phenoxy) is 1. The van der Waals surface area contributed by atoms with E-state index < -0.39 is 0 Å². The second-order valence-electron chi connectivity index (χ2n) is 7.42. The van der Waals surface area contributed by atoms with E-state index in [0.717, 1.165) is 25.9 Å². The number of aryl methyl sites for hydroxylation is 1. The fraction of sp³-hybridized carbons (Fsp3) is 0.684. The molecule has 0 spiro atoms. The maximum absolute atomic E-state index is 6.00. The van der Waals surface area contributed by atoms with Crippen molar-refractivity contribution in [3.05, 3.63) is 23.8 Å². The SMILES string of the molecule is Cc1cc(N2CC(C)OC(C)C2)ccc1NC1CCC(N)CC1. The quantitative estimate of drug-likeness (QED) is 0.898. The number of morpholine rings is 1. The highest BCUT2D eigenvalue weighted by molar-refractivity contribution is 5.61. The number of nitrogens with one attached hydrogen (secondary N) is 1. The first-order valence-electron chi connectivity index (χ1n) is 9.04. The summed E-state index contributed by atoms with van der Waals surface area (Å²) in [6.45, 7) is 8.44. The molecule has 1 aliphatic carbocycles. The van der Waals surface area contributed by atoms with Crippen LogP contribution in [0.15, 0.2) is 18.2 Å². The summed E-state index contributed by atoms with van der Waals surface area (Å²) in [6.07, 6.45) is 5.23. The molecule has 1 saturated heterocycles. The topological polar surface area (TPSA) is 50.5 Å². The second kappa shape index (κ2) is 7.10. The number of rotatable bonds is 3. The fourth-order valence-corrected chi connectivity index (χ4v) is 3.88. The van der Waals surface area contributed by atoms with E-state index in [9.17, 15) is 0 Å². The van der Waals surface area contributed by atoms with Crippen molar-refractivity contribution in [1.29, 1.82) is 0 Å². The Morgan fingerprint density at radius 1 is 1.09 bits per heavy atom. The van der Waals surface area contributed by atoms with Crippen LogP contribution < -0.4 is 16.0 Å². The third-order valence-electron chi connectivity index (χ3n) is 5.13. The van der Waals surface area contributed by atoms with Gasteiger partial charge < -0.3 is 20.7 Å². The van der Waals surface area contributed by atoms with E-state index in [-0.39, 0.29) is 0 Å². The van der Waals surface area contributed by atoms with Crippen LogP contribution in [-0.4, -0.2) is 37.4 Å². The number of anilines is 2. The molecule has 23 heavy (non-hydrogen) atoms. The van der Waals surface area contributed by atoms with Crippen molar-refractivity contribution in [3.63, 3.8) is 0 Å². The first-order valence-corrected chi connectivity index (χ1v) is 9.04. The van der Waals surface area contributed by atoms with Gasteiger partial charge in [0.05, 0.1) is 12.2 Å². The fourth-order valence-electron chi connectivity index (χ4n) is 3.88. The molecule has 0 amide bonds. The minimum atomic E-state index is 0.295. The van der Waals surface area contributed by atoms with E-state index in [1.54, 1.807) is 0 Å². The molecular formula is C19H31N3O. The molecule has 4 heteroatoms. The number of hydrogen-bond donors (Lipinski definition) is 2. The van der Waals surface area contributed by atoms with Gasteiger partial charge in [0.15, 0.2) is 0 Å². The van der Waals surface area contributed by atoms with E-state index in [0.29, 0.717) is 24.3 Å². The highest BCUT2D eigenvalue weighted by Crippen LogP contribution is 2.28. The van der Waals surface area contributed by atoms with Crippen LogP contribution in [0, 0.1) is 6.92 Å². The third-order valence-corrected chi connectivity index (χ3v) is 5.13. The Hall–Kier alpha value is -1.26. The largest absolute Gasteiger partial charge is 0.382 e. The normalized spacial score (nSPS) is 31.9. The van der Waals surface area contributed by atoms with Gasteiger partial charge in [-0.05, 0) is 70.2 Å². The van der Waals surface area contributed by atoms with Crippen LogP contribution in [0.5, 0.6) is 0 Å². The van der Waals surface area contributed by atoms with Gasteiger partial charge in [0, 0.05) is 36.5 Å². The molecule has 1 aliphatic heterocycles. The van der Waals surface area contributed by atoms with Crippen LogP contribution in [0.25, 0.3) is 0 Å². The smallest absolute Gasteiger partial charge is 0.0726 e. The summed E-state index contributed by atoms with van der Waals surface area (Å²) in [4.78, 5) is 2.44. The number of nitrogens with zero attached hydrogens (tertiary/aromatic N) is 1. The molecule has 1 aromatic carbocycles. The zero-order valence-electron chi connectivity index (χ0n) is 14.7. The maximum atomic E-state index is 6.00. The average molecular weight is 317 g/mol. The van der Waals surface area contributed by atoms with E-state index >= 15 is 0 Å². The summed E-state index contributed by atoms with van der Waals surface area (Å²) < 4.78 is 5.84. The molecule has 2 unspecified atom stereocenters. The Morgan fingerprint density at radius 3 is 2.35 bits per heavy atom. The Morgan fingerprint density at radius 2 is 1.74 bits per heavy atom. The van der Waals surface area contributed by atoms with E-state index in [2.05, 4.69) is 49.2 Å². The van der Waals surface area contributed by atoms with Gasteiger partial charge in [-0.2, -0.15) is 0 Å². The van der Waals surface area contributed by atoms with Crippen LogP contribution in [-0.2, 0) is 4.74 Å². The molecule has 2 atom stereocenters. The molecule has 3 N–H and O–H groups in total. The molecule has 1 heterocycles. The molecule has 0 bridgehead atoms. The summed E-state index contributed by atoms with van der Waals surface area (Å²) in [6, 6.07) is 7.77. The molecular weight excluding hydrogens is 286 g/mol. The van der Waals surface area contributed by atoms with Crippen molar-refractivity contribution < 1.29 is 4.74 Å². The van der Waals surface area contributed by atoms with Crippen LogP contribution in [0.2, 0.25) is 0 Å². The van der Waals surface area contributed by atoms with Gasteiger partial charge in [0.25, 0.3) is 0 Å². The van der Waals surface area contributed by atoms with Crippen molar-refractivity contribution in [1.82, 2.24) is 0 Å². The molecule has 2 aliphatic rings.